The van der Waals surface area contributed by atoms with E-state index >= 15 is 0 Å². The zero-order valence-electron chi connectivity index (χ0n) is 10.4. The summed E-state index contributed by atoms with van der Waals surface area (Å²) in [6, 6.07) is 3.10. The van der Waals surface area contributed by atoms with Gasteiger partial charge in [0, 0.05) is 13.0 Å². The van der Waals surface area contributed by atoms with E-state index in [1.165, 1.54) is 13.2 Å². The lowest BCUT2D eigenvalue weighted by Crippen LogP contribution is -2.35. The van der Waals surface area contributed by atoms with Crippen molar-refractivity contribution >= 4 is 11.6 Å². The van der Waals surface area contributed by atoms with E-state index in [0.29, 0.717) is 24.3 Å². The number of nitrogens with zero attached hydrogens (tertiary/aromatic N) is 1. The quantitative estimate of drug-likeness (QED) is 0.836. The van der Waals surface area contributed by atoms with Crippen molar-refractivity contribution in [1.29, 1.82) is 0 Å². The molecule has 1 aliphatic rings. The van der Waals surface area contributed by atoms with Gasteiger partial charge in [-0.3, -0.25) is 4.79 Å². The molecule has 1 heterocycles. The van der Waals surface area contributed by atoms with Crippen LogP contribution in [-0.2, 0) is 11.3 Å². The maximum atomic E-state index is 14.0. The van der Waals surface area contributed by atoms with E-state index < -0.39 is 5.82 Å². The summed E-state index contributed by atoms with van der Waals surface area (Å²) >= 11 is 0. The number of ether oxygens (including phenoxy) is 1. The van der Waals surface area contributed by atoms with Crippen molar-refractivity contribution in [2.75, 3.05) is 19.4 Å². The summed E-state index contributed by atoms with van der Waals surface area (Å²) in [5.74, 6) is -0.00192. The van der Waals surface area contributed by atoms with Gasteiger partial charge < -0.3 is 15.4 Å². The number of amides is 1. The van der Waals surface area contributed by atoms with E-state index in [0.717, 1.165) is 12.8 Å². The van der Waals surface area contributed by atoms with Gasteiger partial charge in [-0.05, 0) is 25.0 Å². The molecule has 0 atom stereocenters. The molecule has 98 valence electrons. The lowest BCUT2D eigenvalue weighted by Gasteiger charge is -2.27. The molecule has 2 N–H and O–H groups in total. The second kappa shape index (κ2) is 5.25. The highest BCUT2D eigenvalue weighted by Crippen LogP contribution is 2.28. The molecule has 0 unspecified atom stereocenters. The average Bonchev–Trinajstić information content (AvgIpc) is 2.38. The van der Waals surface area contributed by atoms with Gasteiger partial charge in [-0.2, -0.15) is 0 Å². The Labute approximate surface area is 106 Å². The Bertz CT molecular complexity index is 463. The summed E-state index contributed by atoms with van der Waals surface area (Å²) < 4.78 is 19.1. The van der Waals surface area contributed by atoms with Crippen molar-refractivity contribution in [3.8, 4) is 5.75 Å². The van der Waals surface area contributed by atoms with E-state index in [4.69, 9.17) is 10.5 Å². The number of halogens is 1. The van der Waals surface area contributed by atoms with Crippen LogP contribution in [0.4, 0.5) is 10.1 Å². The van der Waals surface area contributed by atoms with Gasteiger partial charge in [-0.25, -0.2) is 4.39 Å². The SMILES string of the molecule is COc1ccc(N)c(F)c1CN1CCCCC1=O. The summed E-state index contributed by atoms with van der Waals surface area (Å²) in [6.45, 7) is 0.884. The van der Waals surface area contributed by atoms with E-state index in [1.54, 1.807) is 11.0 Å². The first kappa shape index (κ1) is 12.7. The van der Waals surface area contributed by atoms with Gasteiger partial charge in [0.05, 0.1) is 24.9 Å². The second-order valence-corrected chi connectivity index (χ2v) is 4.42. The molecule has 0 radical (unpaired) electrons. The molecule has 1 fully saturated rings. The Morgan fingerprint density at radius 2 is 2.22 bits per heavy atom. The fourth-order valence-corrected chi connectivity index (χ4v) is 2.18. The molecular weight excluding hydrogens is 235 g/mol. The number of hydrogen-bond donors (Lipinski definition) is 1. The van der Waals surface area contributed by atoms with Crippen LogP contribution in [0, 0.1) is 5.82 Å². The second-order valence-electron chi connectivity index (χ2n) is 4.42. The van der Waals surface area contributed by atoms with E-state index in [-0.39, 0.29) is 18.1 Å². The number of anilines is 1. The summed E-state index contributed by atoms with van der Waals surface area (Å²) in [5, 5.41) is 0. The average molecular weight is 252 g/mol. The van der Waals surface area contributed by atoms with Crippen molar-refractivity contribution in [1.82, 2.24) is 4.90 Å². The van der Waals surface area contributed by atoms with Crippen molar-refractivity contribution in [2.24, 2.45) is 0 Å². The molecule has 1 saturated heterocycles. The molecule has 18 heavy (non-hydrogen) atoms. The smallest absolute Gasteiger partial charge is 0.222 e. The third kappa shape index (κ3) is 2.39. The minimum absolute atomic E-state index is 0.0603. The maximum Gasteiger partial charge on any atom is 0.222 e. The van der Waals surface area contributed by atoms with Crippen molar-refractivity contribution in [3.05, 3.63) is 23.5 Å². The normalized spacial score (nSPS) is 15.9. The summed E-state index contributed by atoms with van der Waals surface area (Å²) in [5.41, 5.74) is 5.98. The number of nitrogen functional groups attached to an aromatic ring is 1. The van der Waals surface area contributed by atoms with Crippen molar-refractivity contribution < 1.29 is 13.9 Å². The molecule has 4 nitrogen and oxygen atoms in total. The van der Waals surface area contributed by atoms with Gasteiger partial charge >= 0.3 is 0 Å². The van der Waals surface area contributed by atoms with Crippen LogP contribution in [0.2, 0.25) is 0 Å². The van der Waals surface area contributed by atoms with Gasteiger partial charge in [-0.1, -0.05) is 0 Å². The molecule has 1 aromatic carbocycles. The molecule has 0 aromatic heterocycles. The maximum absolute atomic E-state index is 14.0. The van der Waals surface area contributed by atoms with E-state index in [1.807, 2.05) is 0 Å². The number of rotatable bonds is 3. The molecule has 1 aliphatic heterocycles. The first-order chi connectivity index (χ1) is 8.63. The predicted molar refractivity (Wildman–Crippen MR) is 66.6 cm³/mol. The van der Waals surface area contributed by atoms with Crippen LogP contribution < -0.4 is 10.5 Å². The number of carbonyl (C=O) groups is 1. The molecular formula is C13H17FN2O2. The van der Waals surface area contributed by atoms with Crippen LogP contribution in [-0.4, -0.2) is 24.5 Å². The Morgan fingerprint density at radius 3 is 2.89 bits per heavy atom. The van der Waals surface area contributed by atoms with E-state index in [2.05, 4.69) is 0 Å². The number of benzene rings is 1. The third-order valence-electron chi connectivity index (χ3n) is 3.22. The van der Waals surface area contributed by atoms with Crippen LogP contribution >= 0.6 is 0 Å². The van der Waals surface area contributed by atoms with Gasteiger partial charge in [0.1, 0.15) is 5.75 Å². The molecule has 0 saturated carbocycles. The highest BCUT2D eigenvalue weighted by atomic mass is 19.1. The zero-order chi connectivity index (χ0) is 13.1. The first-order valence-electron chi connectivity index (χ1n) is 6.02. The van der Waals surface area contributed by atoms with Gasteiger partial charge in [0.15, 0.2) is 5.82 Å². The Hall–Kier alpha value is -1.78. The first-order valence-corrected chi connectivity index (χ1v) is 6.02. The van der Waals surface area contributed by atoms with Crippen molar-refractivity contribution in [2.45, 2.75) is 25.8 Å². The number of hydrogen-bond acceptors (Lipinski definition) is 3. The number of nitrogens with two attached hydrogens (primary N) is 1. The third-order valence-corrected chi connectivity index (χ3v) is 3.22. The van der Waals surface area contributed by atoms with Crippen molar-refractivity contribution in [3.63, 3.8) is 0 Å². The topological polar surface area (TPSA) is 55.6 Å². The molecule has 1 amide bonds. The van der Waals surface area contributed by atoms with Gasteiger partial charge in [0.25, 0.3) is 0 Å². The monoisotopic (exact) mass is 252 g/mol. The van der Waals surface area contributed by atoms with Gasteiger partial charge in [0.2, 0.25) is 5.91 Å². The molecule has 0 spiro atoms. The van der Waals surface area contributed by atoms with E-state index in [9.17, 15) is 9.18 Å². The molecule has 5 heteroatoms. The number of piperidine rings is 1. The van der Waals surface area contributed by atoms with Crippen LogP contribution in [0.3, 0.4) is 0 Å². The molecule has 1 aromatic rings. The lowest BCUT2D eigenvalue weighted by atomic mass is 10.1. The summed E-state index contributed by atoms with van der Waals surface area (Å²) in [7, 11) is 1.48. The number of likely N-dealkylation sites (tertiary alicyclic amines) is 1. The van der Waals surface area contributed by atoms with Gasteiger partial charge in [-0.15, -0.1) is 0 Å². The number of carbonyl (C=O) groups excluding carboxylic acids is 1. The minimum Gasteiger partial charge on any atom is -0.496 e. The number of methoxy groups -OCH3 is 1. The largest absolute Gasteiger partial charge is 0.496 e. The van der Waals surface area contributed by atoms with Crippen LogP contribution in [0.1, 0.15) is 24.8 Å². The Balaban J connectivity index is 2.27. The zero-order valence-corrected chi connectivity index (χ0v) is 10.4. The lowest BCUT2D eigenvalue weighted by molar-refractivity contribution is -0.133. The highest BCUT2D eigenvalue weighted by molar-refractivity contribution is 5.77. The highest BCUT2D eigenvalue weighted by Gasteiger charge is 2.22. The predicted octanol–water partition coefficient (Wildman–Crippen LogP) is 1.93. The van der Waals surface area contributed by atoms with Crippen LogP contribution in [0.15, 0.2) is 12.1 Å². The molecule has 2 rings (SSSR count). The fraction of sp³-hybridized carbons (Fsp3) is 0.462. The standard InChI is InChI=1S/C13H17FN2O2/c1-18-11-6-5-10(15)13(14)9(11)8-16-7-3-2-4-12(16)17/h5-6H,2-4,7-8,15H2,1H3. The Kier molecular flexibility index (Phi) is 3.69. The Morgan fingerprint density at radius 1 is 1.44 bits per heavy atom. The van der Waals surface area contributed by atoms with Crippen LogP contribution in [0.5, 0.6) is 5.75 Å². The minimum atomic E-state index is -0.493. The summed E-state index contributed by atoms with van der Waals surface area (Å²) in [6.07, 6.45) is 2.40. The fourth-order valence-electron chi connectivity index (χ4n) is 2.18. The summed E-state index contributed by atoms with van der Waals surface area (Å²) in [4.78, 5) is 13.4. The van der Waals surface area contributed by atoms with Crippen LogP contribution in [0.25, 0.3) is 0 Å². The molecule has 0 bridgehead atoms. The molecule has 0 aliphatic carbocycles.